The van der Waals surface area contributed by atoms with Crippen molar-refractivity contribution in [3.63, 3.8) is 0 Å². The van der Waals surface area contributed by atoms with Crippen LogP contribution in [0, 0.1) is 0 Å². The molecule has 1 saturated carbocycles. The van der Waals surface area contributed by atoms with E-state index in [4.69, 9.17) is 5.73 Å². The molecular weight excluding hydrogens is 242 g/mol. The summed E-state index contributed by atoms with van der Waals surface area (Å²) in [5.74, 6) is -0.687. The second-order valence-corrected chi connectivity index (χ2v) is 5.30. The van der Waals surface area contributed by atoms with E-state index in [1.807, 2.05) is 0 Å². The Morgan fingerprint density at radius 2 is 2.05 bits per heavy atom. The monoisotopic (exact) mass is 263 g/mol. The van der Waals surface area contributed by atoms with Gasteiger partial charge in [0, 0.05) is 18.3 Å². The van der Waals surface area contributed by atoms with Crippen LogP contribution in [-0.2, 0) is 6.54 Å². The highest BCUT2D eigenvalue weighted by atomic mass is 16.2. The molecule has 1 aliphatic carbocycles. The minimum atomic E-state index is -0.687. The molecule has 0 spiro atoms. The van der Waals surface area contributed by atoms with Gasteiger partial charge in [0.15, 0.2) is 0 Å². The van der Waals surface area contributed by atoms with Crippen molar-refractivity contribution in [2.24, 2.45) is 5.73 Å². The van der Waals surface area contributed by atoms with Gasteiger partial charge in [0.1, 0.15) is 5.56 Å². The average Bonchev–Trinajstić information content (AvgIpc) is 2.39. The standard InChI is InChI=1S/C14H21N3O2/c1-17(11-5-3-2-4-6-11)9-10-7-8-12(13(15)18)14(19)16-10/h7-8,11H,2-6,9H2,1H3,(H2,15,18)(H,16,19). The Bertz CT molecular complexity index is 504. The summed E-state index contributed by atoms with van der Waals surface area (Å²) in [6.07, 6.45) is 6.34. The second kappa shape index (κ2) is 6.02. The summed E-state index contributed by atoms with van der Waals surface area (Å²) < 4.78 is 0. The molecule has 104 valence electrons. The molecule has 2 rings (SSSR count). The first-order valence-corrected chi connectivity index (χ1v) is 6.80. The molecule has 0 aromatic carbocycles. The number of H-pyrrole nitrogens is 1. The molecule has 0 atom stereocenters. The number of carbonyl (C=O) groups excluding carboxylic acids is 1. The lowest BCUT2D eigenvalue weighted by Gasteiger charge is -2.31. The molecule has 1 amide bonds. The van der Waals surface area contributed by atoms with Gasteiger partial charge in [-0.1, -0.05) is 19.3 Å². The molecule has 1 heterocycles. The Kier molecular flexibility index (Phi) is 4.37. The number of carbonyl (C=O) groups is 1. The number of nitrogens with two attached hydrogens (primary N) is 1. The van der Waals surface area contributed by atoms with Crippen molar-refractivity contribution in [1.82, 2.24) is 9.88 Å². The van der Waals surface area contributed by atoms with E-state index < -0.39 is 11.5 Å². The van der Waals surface area contributed by atoms with Crippen molar-refractivity contribution in [1.29, 1.82) is 0 Å². The topological polar surface area (TPSA) is 79.2 Å². The first-order valence-electron chi connectivity index (χ1n) is 6.80. The van der Waals surface area contributed by atoms with Crippen molar-refractivity contribution < 1.29 is 4.79 Å². The van der Waals surface area contributed by atoms with Crippen molar-refractivity contribution in [3.05, 3.63) is 33.7 Å². The van der Waals surface area contributed by atoms with Crippen LogP contribution in [0.3, 0.4) is 0 Å². The summed E-state index contributed by atoms with van der Waals surface area (Å²) in [5, 5.41) is 0. The van der Waals surface area contributed by atoms with Crippen LogP contribution in [-0.4, -0.2) is 28.9 Å². The fourth-order valence-corrected chi connectivity index (χ4v) is 2.72. The van der Waals surface area contributed by atoms with Crippen molar-refractivity contribution in [2.75, 3.05) is 7.05 Å². The van der Waals surface area contributed by atoms with E-state index in [0.29, 0.717) is 12.6 Å². The molecule has 19 heavy (non-hydrogen) atoms. The molecule has 1 aromatic rings. The normalized spacial score (nSPS) is 16.7. The molecule has 0 saturated heterocycles. The van der Waals surface area contributed by atoms with Gasteiger partial charge in [-0.25, -0.2) is 0 Å². The number of amides is 1. The van der Waals surface area contributed by atoms with E-state index in [9.17, 15) is 9.59 Å². The molecule has 5 heteroatoms. The molecule has 0 unspecified atom stereocenters. The number of nitrogens with zero attached hydrogens (tertiary/aromatic N) is 1. The number of hydrogen-bond donors (Lipinski definition) is 2. The van der Waals surface area contributed by atoms with Gasteiger partial charge >= 0.3 is 0 Å². The lowest BCUT2D eigenvalue weighted by molar-refractivity contribution is 0.0998. The average molecular weight is 263 g/mol. The molecule has 1 aliphatic rings. The van der Waals surface area contributed by atoms with Gasteiger partial charge in [-0.15, -0.1) is 0 Å². The largest absolute Gasteiger partial charge is 0.365 e. The van der Waals surface area contributed by atoms with Crippen LogP contribution >= 0.6 is 0 Å². The Balaban J connectivity index is 2.04. The van der Waals surface area contributed by atoms with Gasteiger partial charge in [-0.2, -0.15) is 0 Å². The zero-order valence-corrected chi connectivity index (χ0v) is 11.3. The van der Waals surface area contributed by atoms with Crippen LogP contribution in [0.15, 0.2) is 16.9 Å². The zero-order valence-electron chi connectivity index (χ0n) is 11.3. The SMILES string of the molecule is CN(Cc1ccc(C(N)=O)c(=O)[nH]1)C1CCCCC1. The summed E-state index contributed by atoms with van der Waals surface area (Å²) in [4.78, 5) is 27.7. The summed E-state index contributed by atoms with van der Waals surface area (Å²) >= 11 is 0. The Morgan fingerprint density at radius 3 is 2.63 bits per heavy atom. The summed E-state index contributed by atoms with van der Waals surface area (Å²) in [6, 6.07) is 3.86. The maximum Gasteiger partial charge on any atom is 0.261 e. The maximum absolute atomic E-state index is 11.7. The van der Waals surface area contributed by atoms with Crippen molar-refractivity contribution in [2.45, 2.75) is 44.7 Å². The van der Waals surface area contributed by atoms with E-state index in [1.165, 1.54) is 38.2 Å². The van der Waals surface area contributed by atoms with Crippen LogP contribution in [0.5, 0.6) is 0 Å². The first kappa shape index (κ1) is 13.8. The lowest BCUT2D eigenvalue weighted by Crippen LogP contribution is -2.34. The van der Waals surface area contributed by atoms with Gasteiger partial charge < -0.3 is 10.7 Å². The Hall–Kier alpha value is -1.62. The van der Waals surface area contributed by atoms with Crippen molar-refractivity contribution in [3.8, 4) is 0 Å². The van der Waals surface area contributed by atoms with Gasteiger partial charge in [0.05, 0.1) is 0 Å². The van der Waals surface area contributed by atoms with Gasteiger partial charge in [0.2, 0.25) is 0 Å². The third-order valence-electron chi connectivity index (χ3n) is 3.85. The number of hydrogen-bond acceptors (Lipinski definition) is 3. The van der Waals surface area contributed by atoms with Crippen LogP contribution in [0.4, 0.5) is 0 Å². The van der Waals surface area contributed by atoms with Gasteiger partial charge in [-0.3, -0.25) is 14.5 Å². The number of nitrogens with one attached hydrogen (secondary N) is 1. The molecule has 3 N–H and O–H groups in total. The molecule has 0 aliphatic heterocycles. The number of rotatable bonds is 4. The number of primary amides is 1. The third kappa shape index (κ3) is 3.44. The quantitative estimate of drug-likeness (QED) is 0.857. The first-order chi connectivity index (χ1) is 9.08. The highest BCUT2D eigenvalue weighted by Crippen LogP contribution is 2.22. The van der Waals surface area contributed by atoms with Crippen LogP contribution in [0.25, 0.3) is 0 Å². The summed E-state index contributed by atoms with van der Waals surface area (Å²) in [5.41, 5.74) is 5.55. The van der Waals surface area contributed by atoms with E-state index in [2.05, 4.69) is 16.9 Å². The molecule has 0 bridgehead atoms. The fourth-order valence-electron chi connectivity index (χ4n) is 2.72. The van der Waals surface area contributed by atoms with Gasteiger partial charge in [-0.05, 0) is 32.0 Å². The molecule has 5 nitrogen and oxygen atoms in total. The minimum absolute atomic E-state index is 0.0177. The Labute approximate surface area is 112 Å². The predicted octanol–water partition coefficient (Wildman–Crippen LogP) is 1.24. The second-order valence-electron chi connectivity index (χ2n) is 5.30. The van der Waals surface area contributed by atoms with Crippen LogP contribution in [0.2, 0.25) is 0 Å². The molecule has 1 fully saturated rings. The Morgan fingerprint density at radius 1 is 1.37 bits per heavy atom. The van der Waals surface area contributed by atoms with Crippen LogP contribution in [0.1, 0.15) is 48.2 Å². The number of aromatic nitrogens is 1. The van der Waals surface area contributed by atoms with E-state index in [1.54, 1.807) is 6.07 Å². The summed E-state index contributed by atoms with van der Waals surface area (Å²) in [7, 11) is 2.08. The van der Waals surface area contributed by atoms with E-state index >= 15 is 0 Å². The van der Waals surface area contributed by atoms with E-state index in [-0.39, 0.29) is 5.56 Å². The molecular formula is C14H21N3O2. The highest BCUT2D eigenvalue weighted by Gasteiger charge is 2.18. The molecule has 0 radical (unpaired) electrons. The smallest absolute Gasteiger partial charge is 0.261 e. The zero-order chi connectivity index (χ0) is 13.8. The summed E-state index contributed by atoms with van der Waals surface area (Å²) in [6.45, 7) is 0.693. The predicted molar refractivity (Wildman–Crippen MR) is 73.9 cm³/mol. The van der Waals surface area contributed by atoms with E-state index in [0.717, 1.165) is 5.69 Å². The molecule has 1 aromatic heterocycles. The minimum Gasteiger partial charge on any atom is -0.365 e. The highest BCUT2D eigenvalue weighted by molar-refractivity contribution is 5.92. The maximum atomic E-state index is 11.7. The number of aromatic amines is 1. The third-order valence-corrected chi connectivity index (χ3v) is 3.85. The number of pyridine rings is 1. The van der Waals surface area contributed by atoms with Crippen molar-refractivity contribution >= 4 is 5.91 Å². The lowest BCUT2D eigenvalue weighted by atomic mass is 9.94. The van der Waals surface area contributed by atoms with Crippen LogP contribution < -0.4 is 11.3 Å². The van der Waals surface area contributed by atoms with Gasteiger partial charge in [0.25, 0.3) is 11.5 Å². The fraction of sp³-hybridized carbons (Fsp3) is 0.571.